The van der Waals surface area contributed by atoms with Crippen LogP contribution in [0.15, 0.2) is 38.5 Å². The van der Waals surface area contributed by atoms with Crippen molar-refractivity contribution < 1.29 is 18.7 Å². The molecule has 6 nitrogen and oxygen atoms in total. The van der Waals surface area contributed by atoms with E-state index in [2.05, 4.69) is 26.5 Å². The molecule has 1 N–H and O–H groups in total. The van der Waals surface area contributed by atoms with E-state index >= 15 is 0 Å². The average molecular weight is 351 g/mol. The van der Waals surface area contributed by atoms with Crippen molar-refractivity contribution in [3.63, 3.8) is 0 Å². The molecular formula is C14H11BrN2O4. The number of nitrogens with zero attached hydrogens (tertiary/aromatic N) is 1. The first-order chi connectivity index (χ1) is 10.1. The Morgan fingerprint density at radius 3 is 2.86 bits per heavy atom. The molecule has 0 bridgehead atoms. The summed E-state index contributed by atoms with van der Waals surface area (Å²) in [6, 6.07) is 5.17. The Morgan fingerprint density at radius 1 is 1.38 bits per heavy atom. The second-order valence-electron chi connectivity index (χ2n) is 4.32. The normalized spacial score (nSPS) is 12.9. The summed E-state index contributed by atoms with van der Waals surface area (Å²) < 4.78 is 16.4. The number of rotatable bonds is 3. The van der Waals surface area contributed by atoms with Crippen molar-refractivity contribution in [3.05, 3.63) is 45.8 Å². The zero-order chi connectivity index (χ0) is 14.8. The number of benzene rings is 1. The molecular weight excluding hydrogens is 340 g/mol. The third-order valence-electron chi connectivity index (χ3n) is 2.97. The van der Waals surface area contributed by atoms with Gasteiger partial charge >= 0.3 is 0 Å². The Labute approximate surface area is 128 Å². The van der Waals surface area contributed by atoms with Gasteiger partial charge in [-0.2, -0.15) is 5.10 Å². The number of hydrogen-bond donors (Lipinski definition) is 1. The molecule has 1 aromatic carbocycles. The van der Waals surface area contributed by atoms with E-state index in [4.69, 9.17) is 13.9 Å². The number of ether oxygens (including phenoxy) is 2. The Kier molecular flexibility index (Phi) is 3.66. The maximum Gasteiger partial charge on any atom is 0.274 e. The summed E-state index contributed by atoms with van der Waals surface area (Å²) in [6.45, 7) is 1.92. The molecule has 0 radical (unpaired) electrons. The number of halogens is 1. The van der Waals surface area contributed by atoms with Gasteiger partial charge in [0.15, 0.2) is 11.5 Å². The van der Waals surface area contributed by atoms with Crippen LogP contribution in [0.4, 0.5) is 0 Å². The van der Waals surface area contributed by atoms with E-state index in [-0.39, 0.29) is 12.7 Å². The largest absolute Gasteiger partial charge is 0.469 e. The minimum absolute atomic E-state index is 0.207. The molecule has 3 rings (SSSR count). The van der Waals surface area contributed by atoms with E-state index in [1.807, 2.05) is 0 Å². The monoisotopic (exact) mass is 350 g/mol. The van der Waals surface area contributed by atoms with Crippen molar-refractivity contribution in [3.8, 4) is 11.5 Å². The van der Waals surface area contributed by atoms with E-state index in [0.29, 0.717) is 22.8 Å². The topological polar surface area (TPSA) is 73.1 Å². The van der Waals surface area contributed by atoms with Crippen molar-refractivity contribution in [2.45, 2.75) is 6.92 Å². The van der Waals surface area contributed by atoms with E-state index in [1.54, 1.807) is 25.1 Å². The molecule has 0 saturated carbocycles. The summed E-state index contributed by atoms with van der Waals surface area (Å²) in [5.74, 6) is 1.55. The first-order valence-electron chi connectivity index (χ1n) is 6.12. The molecule has 1 aliphatic heterocycles. The van der Waals surface area contributed by atoms with Gasteiger partial charge in [-0.25, -0.2) is 5.43 Å². The average Bonchev–Trinajstić information content (AvgIpc) is 3.07. The number of hydrazone groups is 1. The van der Waals surface area contributed by atoms with Gasteiger partial charge in [0.2, 0.25) is 6.79 Å². The molecule has 0 spiro atoms. The van der Waals surface area contributed by atoms with E-state index in [9.17, 15) is 4.79 Å². The quantitative estimate of drug-likeness (QED) is 0.682. The Bertz CT molecular complexity index is 724. The molecule has 7 heteroatoms. The number of hydrogen-bond acceptors (Lipinski definition) is 5. The van der Waals surface area contributed by atoms with E-state index in [0.717, 1.165) is 10.0 Å². The molecule has 1 aromatic heterocycles. The van der Waals surface area contributed by atoms with Gasteiger partial charge in [-0.05, 0) is 41.1 Å². The highest BCUT2D eigenvalue weighted by Gasteiger charge is 2.15. The molecule has 1 aliphatic rings. The van der Waals surface area contributed by atoms with Crippen molar-refractivity contribution in [1.82, 2.24) is 5.43 Å². The van der Waals surface area contributed by atoms with Gasteiger partial charge in [-0.15, -0.1) is 0 Å². The fourth-order valence-corrected chi connectivity index (χ4v) is 2.30. The zero-order valence-electron chi connectivity index (χ0n) is 11.1. The molecule has 0 atom stereocenters. The standard InChI is InChI=1S/C14H11BrN2O4/c1-8-10(2-3-19-8)14(18)17-16-6-9-4-12-13(5-11(9)15)21-7-20-12/h2-6H,7H2,1H3,(H,17,18)/b16-6-. The molecule has 0 unspecified atom stereocenters. The van der Waals surface area contributed by atoms with Gasteiger partial charge in [0.05, 0.1) is 18.0 Å². The van der Waals surface area contributed by atoms with Crippen LogP contribution >= 0.6 is 15.9 Å². The summed E-state index contributed by atoms with van der Waals surface area (Å²) in [6.07, 6.45) is 2.99. The van der Waals surface area contributed by atoms with Gasteiger partial charge in [0.1, 0.15) is 5.76 Å². The Morgan fingerprint density at radius 2 is 2.14 bits per heavy atom. The van der Waals surface area contributed by atoms with Crippen LogP contribution in [0.5, 0.6) is 11.5 Å². The van der Waals surface area contributed by atoms with Crippen LogP contribution in [0, 0.1) is 6.92 Å². The lowest BCUT2D eigenvalue weighted by Crippen LogP contribution is -2.17. The Hall–Kier alpha value is -2.28. The minimum Gasteiger partial charge on any atom is -0.469 e. The van der Waals surface area contributed by atoms with Crippen molar-refractivity contribution in [1.29, 1.82) is 0 Å². The van der Waals surface area contributed by atoms with Gasteiger partial charge in [0, 0.05) is 10.0 Å². The lowest BCUT2D eigenvalue weighted by molar-refractivity contribution is 0.0953. The highest BCUT2D eigenvalue weighted by Crippen LogP contribution is 2.36. The third-order valence-corrected chi connectivity index (χ3v) is 3.65. The van der Waals surface area contributed by atoms with Crippen molar-refractivity contribution >= 4 is 28.1 Å². The highest BCUT2D eigenvalue weighted by atomic mass is 79.9. The summed E-state index contributed by atoms with van der Waals surface area (Å²) in [5, 5.41) is 3.93. The lowest BCUT2D eigenvalue weighted by atomic mass is 10.2. The third kappa shape index (κ3) is 2.78. The Balaban J connectivity index is 1.72. The van der Waals surface area contributed by atoms with Crippen LogP contribution < -0.4 is 14.9 Å². The molecule has 2 aromatic rings. The summed E-state index contributed by atoms with van der Waals surface area (Å²) in [7, 11) is 0. The predicted octanol–water partition coefficient (Wildman–Crippen LogP) is 2.84. The van der Waals surface area contributed by atoms with E-state index < -0.39 is 0 Å². The number of carbonyl (C=O) groups is 1. The van der Waals surface area contributed by atoms with Crippen LogP contribution in [-0.2, 0) is 0 Å². The summed E-state index contributed by atoms with van der Waals surface area (Å²) in [5.41, 5.74) is 3.67. The fourth-order valence-electron chi connectivity index (χ4n) is 1.87. The first kappa shape index (κ1) is 13.7. The number of aryl methyl sites for hydroxylation is 1. The molecule has 21 heavy (non-hydrogen) atoms. The number of nitrogens with one attached hydrogen (secondary N) is 1. The molecule has 2 heterocycles. The summed E-state index contributed by atoms with van der Waals surface area (Å²) >= 11 is 3.41. The van der Waals surface area contributed by atoms with Crippen molar-refractivity contribution in [2.24, 2.45) is 5.10 Å². The molecule has 0 saturated heterocycles. The summed E-state index contributed by atoms with van der Waals surface area (Å²) in [4.78, 5) is 11.8. The SMILES string of the molecule is Cc1occc1C(=O)N/N=C\c1cc2c(cc1Br)OCO2. The molecule has 108 valence electrons. The van der Waals surface area contributed by atoms with Crippen LogP contribution in [0.3, 0.4) is 0 Å². The predicted molar refractivity (Wildman–Crippen MR) is 78.8 cm³/mol. The van der Waals surface area contributed by atoms with Crippen LogP contribution in [0.25, 0.3) is 0 Å². The van der Waals surface area contributed by atoms with Gasteiger partial charge < -0.3 is 13.9 Å². The first-order valence-corrected chi connectivity index (χ1v) is 6.91. The van der Waals surface area contributed by atoms with Crippen molar-refractivity contribution in [2.75, 3.05) is 6.79 Å². The molecule has 1 amide bonds. The second kappa shape index (κ2) is 5.61. The fraction of sp³-hybridized carbons (Fsp3) is 0.143. The van der Waals surface area contributed by atoms with Gasteiger partial charge in [-0.1, -0.05) is 0 Å². The second-order valence-corrected chi connectivity index (χ2v) is 5.17. The number of fused-ring (bicyclic) bond motifs is 1. The zero-order valence-corrected chi connectivity index (χ0v) is 12.6. The maximum atomic E-state index is 11.8. The lowest BCUT2D eigenvalue weighted by Gasteiger charge is -2.02. The smallest absolute Gasteiger partial charge is 0.274 e. The van der Waals surface area contributed by atoms with Gasteiger partial charge in [0.25, 0.3) is 5.91 Å². The number of amides is 1. The van der Waals surface area contributed by atoms with E-state index in [1.165, 1.54) is 12.5 Å². The van der Waals surface area contributed by atoms with Crippen LogP contribution in [0.2, 0.25) is 0 Å². The maximum absolute atomic E-state index is 11.8. The van der Waals surface area contributed by atoms with Gasteiger partial charge in [-0.3, -0.25) is 4.79 Å². The minimum atomic E-state index is -0.325. The van der Waals surface area contributed by atoms with Crippen LogP contribution in [-0.4, -0.2) is 18.9 Å². The number of carbonyl (C=O) groups excluding carboxylic acids is 1. The number of furan rings is 1. The molecule has 0 aliphatic carbocycles. The highest BCUT2D eigenvalue weighted by molar-refractivity contribution is 9.10. The molecule has 0 fully saturated rings. The van der Waals surface area contributed by atoms with Crippen LogP contribution in [0.1, 0.15) is 21.7 Å².